The fourth-order valence-electron chi connectivity index (χ4n) is 1.67. The van der Waals surface area contributed by atoms with Gasteiger partial charge in [-0.1, -0.05) is 17.7 Å². The second kappa shape index (κ2) is 9.23. The third-order valence-corrected chi connectivity index (χ3v) is 3.05. The van der Waals surface area contributed by atoms with E-state index in [0.717, 1.165) is 12.0 Å². The van der Waals surface area contributed by atoms with Gasteiger partial charge in [-0.05, 0) is 30.5 Å². The van der Waals surface area contributed by atoms with Crippen LogP contribution in [0.25, 0.3) is 0 Å². The summed E-state index contributed by atoms with van der Waals surface area (Å²) < 4.78 is 23.5. The Balaban J connectivity index is 2.36. The van der Waals surface area contributed by atoms with Crippen molar-refractivity contribution in [3.05, 3.63) is 34.6 Å². The van der Waals surface area contributed by atoms with Crippen molar-refractivity contribution in [2.75, 3.05) is 26.9 Å². The lowest BCUT2D eigenvalue weighted by Crippen LogP contribution is -2.37. The van der Waals surface area contributed by atoms with Crippen molar-refractivity contribution in [1.82, 2.24) is 5.43 Å². The maximum atomic E-state index is 13.3. The molecule has 0 aliphatic rings. The molecule has 1 rings (SSSR count). The van der Waals surface area contributed by atoms with Gasteiger partial charge in [0.2, 0.25) is 0 Å². The van der Waals surface area contributed by atoms with E-state index in [9.17, 15) is 4.39 Å². The fourth-order valence-corrected chi connectivity index (χ4v) is 1.78. The van der Waals surface area contributed by atoms with Gasteiger partial charge in [0.1, 0.15) is 5.82 Å². The predicted molar refractivity (Wildman–Crippen MR) is 73.5 cm³/mol. The van der Waals surface area contributed by atoms with Gasteiger partial charge in [0.05, 0.1) is 18.2 Å². The van der Waals surface area contributed by atoms with Crippen molar-refractivity contribution in [3.63, 3.8) is 0 Å². The Morgan fingerprint density at radius 2 is 2.16 bits per heavy atom. The molecule has 0 saturated heterocycles. The van der Waals surface area contributed by atoms with Crippen LogP contribution in [-0.2, 0) is 15.9 Å². The minimum absolute atomic E-state index is 0.0307. The molecule has 0 aliphatic carbocycles. The van der Waals surface area contributed by atoms with E-state index in [-0.39, 0.29) is 11.1 Å². The van der Waals surface area contributed by atoms with Gasteiger partial charge in [0.15, 0.2) is 0 Å². The highest BCUT2D eigenvalue weighted by atomic mass is 35.5. The van der Waals surface area contributed by atoms with Gasteiger partial charge in [0.25, 0.3) is 0 Å². The Morgan fingerprint density at radius 3 is 2.79 bits per heavy atom. The molecular formula is C13H20ClFN2O2. The summed E-state index contributed by atoms with van der Waals surface area (Å²) in [6.45, 7) is 1.71. The van der Waals surface area contributed by atoms with Gasteiger partial charge in [-0.25, -0.2) is 4.39 Å². The molecule has 0 fully saturated rings. The normalized spacial score (nSPS) is 12.6. The Kier molecular flexibility index (Phi) is 7.93. The lowest BCUT2D eigenvalue weighted by molar-refractivity contribution is 0.0658. The first-order valence-electron chi connectivity index (χ1n) is 6.14. The quantitative estimate of drug-likeness (QED) is 0.414. The molecule has 108 valence electrons. The molecule has 0 radical (unpaired) electrons. The van der Waals surface area contributed by atoms with Gasteiger partial charge in [0, 0.05) is 19.8 Å². The van der Waals surface area contributed by atoms with Crippen molar-refractivity contribution < 1.29 is 13.9 Å². The average Bonchev–Trinajstić information content (AvgIpc) is 2.41. The lowest BCUT2D eigenvalue weighted by Gasteiger charge is -2.16. The summed E-state index contributed by atoms with van der Waals surface area (Å²) in [6.07, 6.45) is 1.36. The van der Waals surface area contributed by atoms with Crippen LogP contribution in [0.3, 0.4) is 0 Å². The third-order valence-electron chi connectivity index (χ3n) is 2.74. The first-order chi connectivity index (χ1) is 9.17. The first kappa shape index (κ1) is 16.3. The number of hydrogen-bond acceptors (Lipinski definition) is 4. The second-order valence-corrected chi connectivity index (χ2v) is 4.62. The summed E-state index contributed by atoms with van der Waals surface area (Å²) >= 11 is 5.64. The topological polar surface area (TPSA) is 56.5 Å². The molecule has 6 heteroatoms. The maximum Gasteiger partial charge on any atom is 0.142 e. The molecule has 1 aromatic carbocycles. The molecule has 0 spiro atoms. The highest BCUT2D eigenvalue weighted by molar-refractivity contribution is 6.30. The summed E-state index contributed by atoms with van der Waals surface area (Å²) in [5.74, 6) is 5.07. The van der Waals surface area contributed by atoms with Gasteiger partial charge in [-0.3, -0.25) is 11.3 Å². The van der Waals surface area contributed by atoms with Gasteiger partial charge < -0.3 is 9.47 Å². The van der Waals surface area contributed by atoms with Crippen LogP contribution in [0.2, 0.25) is 5.02 Å². The number of benzene rings is 1. The largest absolute Gasteiger partial charge is 0.382 e. The number of halogens is 2. The van der Waals surface area contributed by atoms with E-state index in [1.807, 2.05) is 0 Å². The monoisotopic (exact) mass is 290 g/mol. The highest BCUT2D eigenvalue weighted by Gasteiger charge is 2.09. The molecule has 0 saturated carbocycles. The van der Waals surface area contributed by atoms with Crippen molar-refractivity contribution in [2.24, 2.45) is 5.84 Å². The Labute approximate surface area is 118 Å². The van der Waals surface area contributed by atoms with Crippen LogP contribution in [0.1, 0.15) is 12.0 Å². The van der Waals surface area contributed by atoms with Crippen LogP contribution in [0.4, 0.5) is 4.39 Å². The summed E-state index contributed by atoms with van der Waals surface area (Å²) in [7, 11) is 1.63. The molecule has 0 heterocycles. The van der Waals surface area contributed by atoms with E-state index in [1.165, 1.54) is 6.07 Å². The van der Waals surface area contributed by atoms with Gasteiger partial charge in [-0.2, -0.15) is 0 Å². The number of hydrogen-bond donors (Lipinski definition) is 2. The first-order valence-corrected chi connectivity index (χ1v) is 6.52. The van der Waals surface area contributed by atoms with Crippen molar-refractivity contribution in [2.45, 2.75) is 18.9 Å². The number of nitrogens with one attached hydrogen (secondary N) is 1. The van der Waals surface area contributed by atoms with E-state index < -0.39 is 5.82 Å². The number of nitrogens with two attached hydrogens (primary N) is 1. The van der Waals surface area contributed by atoms with Crippen LogP contribution in [0, 0.1) is 5.82 Å². The summed E-state index contributed by atoms with van der Waals surface area (Å²) in [6, 6.07) is 4.80. The third kappa shape index (κ3) is 6.31. The minimum atomic E-state index is -0.411. The zero-order valence-electron chi connectivity index (χ0n) is 11.0. The van der Waals surface area contributed by atoms with Gasteiger partial charge >= 0.3 is 0 Å². The Bertz CT molecular complexity index is 380. The van der Waals surface area contributed by atoms with Crippen LogP contribution >= 0.6 is 11.6 Å². The van der Waals surface area contributed by atoms with Crippen molar-refractivity contribution >= 4 is 11.6 Å². The number of ether oxygens (including phenoxy) is 2. The predicted octanol–water partition coefficient (Wildman–Crippen LogP) is 1.91. The van der Waals surface area contributed by atoms with E-state index in [1.54, 1.807) is 19.2 Å². The summed E-state index contributed by atoms with van der Waals surface area (Å²) in [5.41, 5.74) is 3.56. The van der Waals surface area contributed by atoms with Crippen LogP contribution in [0.5, 0.6) is 0 Å². The van der Waals surface area contributed by atoms with E-state index in [2.05, 4.69) is 5.43 Å². The zero-order valence-corrected chi connectivity index (χ0v) is 11.8. The number of methoxy groups -OCH3 is 1. The molecule has 0 bridgehead atoms. The molecular weight excluding hydrogens is 271 g/mol. The SMILES string of the molecule is COCCOCCC(Cc1ccc(Cl)c(F)c1)NN. The average molecular weight is 291 g/mol. The number of rotatable bonds is 9. The Hall–Kier alpha value is -0.720. The van der Waals surface area contributed by atoms with E-state index >= 15 is 0 Å². The standard InChI is InChI=1S/C13H20ClFN2O2/c1-18-6-7-19-5-4-11(17-16)8-10-2-3-12(14)13(15)9-10/h2-3,9,11,17H,4-8,16H2,1H3. The molecule has 4 nitrogen and oxygen atoms in total. The molecule has 0 aromatic heterocycles. The van der Waals surface area contributed by atoms with Crippen molar-refractivity contribution in [1.29, 1.82) is 0 Å². The molecule has 1 atom stereocenters. The van der Waals surface area contributed by atoms with Crippen LogP contribution in [-0.4, -0.2) is 33.0 Å². The molecule has 3 N–H and O–H groups in total. The fraction of sp³-hybridized carbons (Fsp3) is 0.538. The molecule has 1 aromatic rings. The summed E-state index contributed by atoms with van der Waals surface area (Å²) in [4.78, 5) is 0. The molecule has 1 unspecified atom stereocenters. The second-order valence-electron chi connectivity index (χ2n) is 4.21. The lowest BCUT2D eigenvalue weighted by atomic mass is 10.0. The highest BCUT2D eigenvalue weighted by Crippen LogP contribution is 2.17. The van der Waals surface area contributed by atoms with E-state index in [0.29, 0.717) is 26.2 Å². The zero-order chi connectivity index (χ0) is 14.1. The maximum absolute atomic E-state index is 13.3. The summed E-state index contributed by atoms with van der Waals surface area (Å²) in [5, 5.41) is 0.129. The smallest absolute Gasteiger partial charge is 0.142 e. The van der Waals surface area contributed by atoms with Crippen LogP contribution in [0.15, 0.2) is 18.2 Å². The van der Waals surface area contributed by atoms with Crippen molar-refractivity contribution in [3.8, 4) is 0 Å². The molecule has 0 amide bonds. The van der Waals surface area contributed by atoms with Gasteiger partial charge in [-0.15, -0.1) is 0 Å². The minimum Gasteiger partial charge on any atom is -0.382 e. The van der Waals surface area contributed by atoms with E-state index in [4.69, 9.17) is 26.9 Å². The Morgan fingerprint density at radius 1 is 1.37 bits per heavy atom. The molecule has 0 aliphatic heterocycles. The number of hydrazine groups is 1. The molecule has 19 heavy (non-hydrogen) atoms. The van der Waals surface area contributed by atoms with Crippen LogP contribution < -0.4 is 11.3 Å².